The molecule has 3 rings (SSSR count). The molecule has 25 heavy (non-hydrogen) atoms. The number of nitrogens with one attached hydrogen (secondary N) is 3. The minimum atomic E-state index is -0.359. The minimum absolute atomic E-state index is 0.265. The number of rotatable bonds is 4. The number of para-hydroxylation sites is 1. The van der Waals surface area contributed by atoms with E-state index in [1.165, 1.54) is 6.20 Å². The van der Waals surface area contributed by atoms with E-state index in [1.807, 2.05) is 18.2 Å². The van der Waals surface area contributed by atoms with Crippen molar-refractivity contribution in [1.82, 2.24) is 4.98 Å². The summed E-state index contributed by atoms with van der Waals surface area (Å²) in [6, 6.07) is 19.1. The molecule has 0 aliphatic heterocycles. The molecule has 3 N–H and O–H groups in total. The van der Waals surface area contributed by atoms with E-state index in [1.54, 1.807) is 54.7 Å². The summed E-state index contributed by atoms with van der Waals surface area (Å²) in [5, 5.41) is 8.23. The Hall–Kier alpha value is -3.67. The average Bonchev–Trinajstić information content (AvgIpc) is 2.63. The van der Waals surface area contributed by atoms with Crippen molar-refractivity contribution in [1.29, 1.82) is 0 Å². The molecule has 3 amide bonds. The molecule has 0 aliphatic carbocycles. The van der Waals surface area contributed by atoms with Crippen LogP contribution in [-0.4, -0.2) is 16.9 Å². The highest BCUT2D eigenvalue weighted by Crippen LogP contribution is 2.16. The number of carbonyl (C=O) groups excluding carboxylic acids is 2. The highest BCUT2D eigenvalue weighted by Gasteiger charge is 2.07. The summed E-state index contributed by atoms with van der Waals surface area (Å²) in [6.07, 6.45) is 3.09. The summed E-state index contributed by atoms with van der Waals surface area (Å²) in [6.45, 7) is 0. The zero-order valence-corrected chi connectivity index (χ0v) is 13.3. The van der Waals surface area contributed by atoms with Gasteiger partial charge in [-0.2, -0.15) is 0 Å². The Morgan fingerprint density at radius 1 is 0.720 bits per heavy atom. The van der Waals surface area contributed by atoms with E-state index in [2.05, 4.69) is 20.9 Å². The van der Waals surface area contributed by atoms with E-state index in [0.29, 0.717) is 22.6 Å². The number of urea groups is 1. The van der Waals surface area contributed by atoms with E-state index in [-0.39, 0.29) is 11.9 Å². The number of nitrogens with zero attached hydrogens (tertiary/aromatic N) is 1. The number of benzene rings is 2. The fraction of sp³-hybridized carbons (Fsp3) is 0. The van der Waals surface area contributed by atoms with Gasteiger partial charge in [-0.25, -0.2) is 4.79 Å². The molecule has 0 fully saturated rings. The summed E-state index contributed by atoms with van der Waals surface area (Å²) >= 11 is 0. The molecule has 0 bridgehead atoms. The minimum Gasteiger partial charge on any atom is -0.322 e. The summed E-state index contributed by atoms with van der Waals surface area (Å²) in [4.78, 5) is 28.1. The molecule has 0 saturated heterocycles. The maximum Gasteiger partial charge on any atom is 0.323 e. The second kappa shape index (κ2) is 7.74. The molecule has 1 aromatic heterocycles. The largest absolute Gasteiger partial charge is 0.323 e. The van der Waals surface area contributed by atoms with E-state index in [4.69, 9.17) is 0 Å². The van der Waals surface area contributed by atoms with Gasteiger partial charge in [-0.3, -0.25) is 9.78 Å². The number of hydrogen-bond donors (Lipinski definition) is 3. The van der Waals surface area contributed by atoms with Crippen LogP contribution in [0.5, 0.6) is 0 Å². The topological polar surface area (TPSA) is 83.1 Å². The van der Waals surface area contributed by atoms with E-state index in [0.717, 1.165) is 0 Å². The first-order valence-electron chi connectivity index (χ1n) is 7.65. The van der Waals surface area contributed by atoms with Crippen LogP contribution in [-0.2, 0) is 0 Å². The molecule has 1 heterocycles. The molecule has 6 heteroatoms. The molecule has 0 atom stereocenters. The van der Waals surface area contributed by atoms with Gasteiger partial charge in [0.05, 0.1) is 5.56 Å². The first kappa shape index (κ1) is 16.2. The number of aromatic nitrogens is 1. The zero-order chi connectivity index (χ0) is 17.5. The Bertz CT molecular complexity index is 867. The molecule has 0 spiro atoms. The first-order chi connectivity index (χ1) is 12.2. The van der Waals surface area contributed by atoms with Gasteiger partial charge in [-0.1, -0.05) is 24.3 Å². The van der Waals surface area contributed by atoms with Crippen molar-refractivity contribution in [2.24, 2.45) is 0 Å². The predicted octanol–water partition coefficient (Wildman–Crippen LogP) is 3.98. The summed E-state index contributed by atoms with van der Waals surface area (Å²) in [5.74, 6) is -0.265. The van der Waals surface area contributed by atoms with Crippen LogP contribution in [0.3, 0.4) is 0 Å². The third kappa shape index (κ3) is 4.65. The number of carbonyl (C=O) groups is 2. The fourth-order valence-electron chi connectivity index (χ4n) is 2.19. The maximum atomic E-state index is 12.1. The lowest BCUT2D eigenvalue weighted by Gasteiger charge is -2.10. The molecule has 0 radical (unpaired) electrons. The van der Waals surface area contributed by atoms with Gasteiger partial charge in [0.25, 0.3) is 5.91 Å². The van der Waals surface area contributed by atoms with Crippen molar-refractivity contribution in [2.75, 3.05) is 16.0 Å². The molecular formula is C19H16N4O2. The predicted molar refractivity (Wildman–Crippen MR) is 97.7 cm³/mol. The molecule has 124 valence electrons. The standard InChI is InChI=1S/C19H16N4O2/c24-18(14-6-5-11-20-13-14)21-16-9-4-10-17(12-16)23-19(25)22-15-7-2-1-3-8-15/h1-13H,(H,21,24)(H2,22,23,25). The number of pyridine rings is 1. The van der Waals surface area contributed by atoms with Crippen molar-refractivity contribution < 1.29 is 9.59 Å². The Labute approximate surface area is 144 Å². The smallest absolute Gasteiger partial charge is 0.322 e. The molecule has 0 unspecified atom stereocenters. The van der Waals surface area contributed by atoms with E-state index >= 15 is 0 Å². The fourth-order valence-corrected chi connectivity index (χ4v) is 2.19. The van der Waals surface area contributed by atoms with Gasteiger partial charge in [0, 0.05) is 29.5 Å². The molecule has 3 aromatic rings. The van der Waals surface area contributed by atoms with Crippen molar-refractivity contribution in [3.8, 4) is 0 Å². The van der Waals surface area contributed by atoms with Crippen LogP contribution >= 0.6 is 0 Å². The normalized spacial score (nSPS) is 9.92. The van der Waals surface area contributed by atoms with Crippen molar-refractivity contribution in [3.63, 3.8) is 0 Å². The van der Waals surface area contributed by atoms with Crippen molar-refractivity contribution in [3.05, 3.63) is 84.7 Å². The second-order valence-electron chi connectivity index (χ2n) is 5.22. The number of amides is 3. The van der Waals surface area contributed by atoms with Crippen LogP contribution in [0.1, 0.15) is 10.4 Å². The Kier molecular flexibility index (Phi) is 5.01. The second-order valence-corrected chi connectivity index (χ2v) is 5.22. The third-order valence-electron chi connectivity index (χ3n) is 3.33. The Balaban J connectivity index is 1.63. The lowest BCUT2D eigenvalue weighted by atomic mass is 10.2. The summed E-state index contributed by atoms with van der Waals surface area (Å²) < 4.78 is 0. The van der Waals surface area contributed by atoms with E-state index < -0.39 is 0 Å². The van der Waals surface area contributed by atoms with Crippen LogP contribution in [0.25, 0.3) is 0 Å². The van der Waals surface area contributed by atoms with Crippen molar-refractivity contribution in [2.45, 2.75) is 0 Å². The maximum absolute atomic E-state index is 12.1. The van der Waals surface area contributed by atoms with Crippen LogP contribution < -0.4 is 16.0 Å². The van der Waals surface area contributed by atoms with Crippen LogP contribution in [0.2, 0.25) is 0 Å². The first-order valence-corrected chi connectivity index (χ1v) is 7.65. The SMILES string of the molecule is O=C(Nc1ccccc1)Nc1cccc(NC(=O)c2cccnc2)c1. The third-order valence-corrected chi connectivity index (χ3v) is 3.33. The number of hydrogen-bond acceptors (Lipinski definition) is 3. The van der Waals surface area contributed by atoms with Crippen LogP contribution in [0.15, 0.2) is 79.1 Å². The Morgan fingerprint density at radius 3 is 2.12 bits per heavy atom. The van der Waals surface area contributed by atoms with Gasteiger partial charge < -0.3 is 16.0 Å². The molecule has 0 aliphatic rings. The summed E-state index contributed by atoms with van der Waals surface area (Å²) in [7, 11) is 0. The molecule has 0 saturated carbocycles. The Morgan fingerprint density at radius 2 is 1.40 bits per heavy atom. The van der Waals surface area contributed by atoms with Gasteiger partial charge in [-0.05, 0) is 42.5 Å². The van der Waals surface area contributed by atoms with Crippen LogP contribution in [0, 0.1) is 0 Å². The highest BCUT2D eigenvalue weighted by atomic mass is 16.2. The number of anilines is 3. The quantitative estimate of drug-likeness (QED) is 0.676. The molecule has 2 aromatic carbocycles. The monoisotopic (exact) mass is 332 g/mol. The average molecular weight is 332 g/mol. The highest BCUT2D eigenvalue weighted by molar-refractivity contribution is 6.05. The van der Waals surface area contributed by atoms with E-state index in [9.17, 15) is 9.59 Å². The zero-order valence-electron chi connectivity index (χ0n) is 13.3. The summed E-state index contributed by atoms with van der Waals surface area (Å²) in [5.41, 5.74) is 2.30. The molecule has 6 nitrogen and oxygen atoms in total. The van der Waals surface area contributed by atoms with Gasteiger partial charge >= 0.3 is 6.03 Å². The van der Waals surface area contributed by atoms with Gasteiger partial charge in [0.1, 0.15) is 0 Å². The lowest BCUT2D eigenvalue weighted by Crippen LogP contribution is -2.19. The molecular weight excluding hydrogens is 316 g/mol. The lowest BCUT2D eigenvalue weighted by molar-refractivity contribution is 0.102. The van der Waals surface area contributed by atoms with Gasteiger partial charge in [-0.15, -0.1) is 0 Å². The van der Waals surface area contributed by atoms with Crippen LogP contribution in [0.4, 0.5) is 21.9 Å². The van der Waals surface area contributed by atoms with Crippen molar-refractivity contribution >= 4 is 29.0 Å². The van der Waals surface area contributed by atoms with Gasteiger partial charge in [0.2, 0.25) is 0 Å². The van der Waals surface area contributed by atoms with Gasteiger partial charge in [0.15, 0.2) is 0 Å².